The van der Waals surface area contributed by atoms with Gasteiger partial charge in [0.05, 0.1) is 6.54 Å². The van der Waals surface area contributed by atoms with Crippen molar-refractivity contribution in [1.29, 1.82) is 0 Å². The summed E-state index contributed by atoms with van der Waals surface area (Å²) in [6.45, 7) is 5.18. The van der Waals surface area contributed by atoms with Crippen LogP contribution in [-0.2, 0) is 6.54 Å². The van der Waals surface area contributed by atoms with E-state index < -0.39 is 0 Å². The summed E-state index contributed by atoms with van der Waals surface area (Å²) in [6, 6.07) is 7.70. The smallest absolute Gasteiger partial charge is 0.254 e. The molecule has 3 nitrogen and oxygen atoms in total. The minimum absolute atomic E-state index is 0.0198. The highest BCUT2D eigenvalue weighted by Gasteiger charge is 2.18. The Bertz CT molecular complexity index is 611. The van der Waals surface area contributed by atoms with Crippen LogP contribution in [0.25, 0.3) is 0 Å². The van der Waals surface area contributed by atoms with Crippen LogP contribution in [0.5, 0.6) is 0 Å². The fourth-order valence-electron chi connectivity index (χ4n) is 2.01. The number of benzene rings is 1. The van der Waals surface area contributed by atoms with Crippen molar-refractivity contribution in [3.8, 4) is 0 Å². The van der Waals surface area contributed by atoms with Crippen LogP contribution in [0.15, 0.2) is 34.1 Å². The summed E-state index contributed by atoms with van der Waals surface area (Å²) in [4.78, 5) is 15.7. The first-order valence-electron chi connectivity index (χ1n) is 6.40. The molecule has 0 atom stereocenters. The van der Waals surface area contributed by atoms with Gasteiger partial charge in [0.25, 0.3) is 5.91 Å². The molecular weight excluding hydrogens is 336 g/mol. The van der Waals surface area contributed by atoms with E-state index in [1.807, 2.05) is 48.4 Å². The number of carbonyl (C=O) groups is 1. The number of hydrogen-bond acceptors (Lipinski definition) is 3. The Balaban J connectivity index is 2.29. The van der Waals surface area contributed by atoms with E-state index in [2.05, 4.69) is 15.9 Å². The van der Waals surface area contributed by atoms with Gasteiger partial charge in [-0.2, -0.15) is 0 Å². The summed E-state index contributed by atoms with van der Waals surface area (Å²) in [5, 5.41) is 2.02. The van der Waals surface area contributed by atoms with Crippen molar-refractivity contribution < 1.29 is 4.79 Å². The molecule has 20 heavy (non-hydrogen) atoms. The molecule has 0 radical (unpaired) electrons. The van der Waals surface area contributed by atoms with Crippen LogP contribution < -0.4 is 5.73 Å². The lowest BCUT2D eigenvalue weighted by Crippen LogP contribution is -2.30. The van der Waals surface area contributed by atoms with Crippen LogP contribution in [0.4, 0.5) is 5.69 Å². The predicted molar refractivity (Wildman–Crippen MR) is 88.0 cm³/mol. The third-order valence-corrected chi connectivity index (χ3v) is 4.56. The largest absolute Gasteiger partial charge is 0.398 e. The molecule has 1 heterocycles. The maximum Gasteiger partial charge on any atom is 0.254 e. The highest BCUT2D eigenvalue weighted by molar-refractivity contribution is 9.10. The Morgan fingerprint density at radius 3 is 2.80 bits per heavy atom. The molecule has 0 unspecified atom stereocenters. The molecule has 0 bridgehead atoms. The molecule has 2 rings (SSSR count). The second-order valence-electron chi connectivity index (χ2n) is 4.57. The van der Waals surface area contributed by atoms with Crippen LogP contribution in [-0.4, -0.2) is 17.4 Å². The molecule has 5 heteroatoms. The second kappa shape index (κ2) is 6.41. The fraction of sp³-hybridized carbons (Fsp3) is 0.267. The quantitative estimate of drug-likeness (QED) is 0.843. The zero-order valence-corrected chi connectivity index (χ0v) is 13.9. The molecule has 2 N–H and O–H groups in total. The highest BCUT2D eigenvalue weighted by Crippen LogP contribution is 2.24. The van der Waals surface area contributed by atoms with E-state index >= 15 is 0 Å². The highest BCUT2D eigenvalue weighted by atomic mass is 79.9. The Kier molecular flexibility index (Phi) is 4.83. The molecule has 106 valence electrons. The average molecular weight is 353 g/mol. The molecule has 0 aliphatic carbocycles. The van der Waals surface area contributed by atoms with Crippen molar-refractivity contribution in [3.63, 3.8) is 0 Å². The first-order chi connectivity index (χ1) is 9.52. The Labute approximate surface area is 131 Å². The monoisotopic (exact) mass is 352 g/mol. The van der Waals surface area contributed by atoms with Gasteiger partial charge in [0.15, 0.2) is 0 Å². The Hall–Kier alpha value is -1.33. The van der Waals surface area contributed by atoms with Crippen molar-refractivity contribution >= 4 is 38.9 Å². The van der Waals surface area contributed by atoms with E-state index in [1.54, 1.807) is 11.3 Å². The lowest BCUT2D eigenvalue weighted by molar-refractivity contribution is 0.0753. The normalized spacial score (nSPS) is 10.6. The molecule has 0 aliphatic heterocycles. The van der Waals surface area contributed by atoms with Crippen LogP contribution >= 0.6 is 27.3 Å². The first kappa shape index (κ1) is 15.1. The van der Waals surface area contributed by atoms with Gasteiger partial charge in [-0.1, -0.05) is 22.0 Å². The first-order valence-corrected chi connectivity index (χ1v) is 8.07. The molecule has 0 saturated carbocycles. The lowest BCUT2D eigenvalue weighted by Gasteiger charge is -2.22. The standard InChI is InChI=1S/C15H17BrN2OS/c1-3-18(9-12-5-4-6-20-12)15(19)13-7-11(16)8-14(17)10(13)2/h4-8H,3,9,17H2,1-2H3. The molecule has 2 aromatic rings. The van der Waals surface area contributed by atoms with Gasteiger partial charge in [0, 0.05) is 27.1 Å². The second-order valence-corrected chi connectivity index (χ2v) is 6.51. The van der Waals surface area contributed by atoms with Gasteiger partial charge in [0.2, 0.25) is 0 Å². The summed E-state index contributed by atoms with van der Waals surface area (Å²) >= 11 is 5.06. The van der Waals surface area contributed by atoms with E-state index in [4.69, 9.17) is 5.73 Å². The lowest BCUT2D eigenvalue weighted by atomic mass is 10.1. The van der Waals surface area contributed by atoms with Crippen LogP contribution in [0.2, 0.25) is 0 Å². The van der Waals surface area contributed by atoms with E-state index in [1.165, 1.54) is 4.88 Å². The summed E-state index contributed by atoms with van der Waals surface area (Å²) in [5.74, 6) is 0.0198. The summed E-state index contributed by atoms with van der Waals surface area (Å²) in [7, 11) is 0. The average Bonchev–Trinajstić information content (AvgIpc) is 2.92. The summed E-state index contributed by atoms with van der Waals surface area (Å²) < 4.78 is 0.830. The molecule has 0 aliphatic rings. The van der Waals surface area contributed by atoms with Crippen LogP contribution in [0.3, 0.4) is 0 Å². The van der Waals surface area contributed by atoms with E-state index in [-0.39, 0.29) is 5.91 Å². The molecular formula is C15H17BrN2OS. The zero-order valence-electron chi connectivity index (χ0n) is 11.5. The van der Waals surface area contributed by atoms with Gasteiger partial charge in [-0.25, -0.2) is 0 Å². The topological polar surface area (TPSA) is 46.3 Å². The molecule has 1 aromatic carbocycles. The Morgan fingerprint density at radius 1 is 1.45 bits per heavy atom. The van der Waals surface area contributed by atoms with Crippen molar-refractivity contribution in [2.75, 3.05) is 12.3 Å². The van der Waals surface area contributed by atoms with Gasteiger partial charge in [0.1, 0.15) is 0 Å². The van der Waals surface area contributed by atoms with Crippen LogP contribution in [0.1, 0.15) is 27.7 Å². The van der Waals surface area contributed by atoms with Crippen LogP contribution in [0, 0.1) is 6.92 Å². The number of anilines is 1. The van der Waals surface area contributed by atoms with E-state index in [0.29, 0.717) is 24.3 Å². The molecule has 1 aromatic heterocycles. The molecule has 1 amide bonds. The van der Waals surface area contributed by atoms with Crippen molar-refractivity contribution in [1.82, 2.24) is 4.90 Å². The van der Waals surface area contributed by atoms with Gasteiger partial charge in [-0.3, -0.25) is 4.79 Å². The Morgan fingerprint density at radius 2 is 2.20 bits per heavy atom. The molecule has 0 fully saturated rings. The SMILES string of the molecule is CCN(Cc1cccs1)C(=O)c1cc(Br)cc(N)c1C. The van der Waals surface area contributed by atoms with Gasteiger partial charge >= 0.3 is 0 Å². The number of halogens is 1. The van der Waals surface area contributed by atoms with Crippen molar-refractivity contribution in [2.24, 2.45) is 0 Å². The van der Waals surface area contributed by atoms with Crippen molar-refractivity contribution in [2.45, 2.75) is 20.4 Å². The number of rotatable bonds is 4. The van der Waals surface area contributed by atoms with Gasteiger partial charge in [-0.15, -0.1) is 11.3 Å². The maximum absolute atomic E-state index is 12.7. The number of carbonyl (C=O) groups excluding carboxylic acids is 1. The maximum atomic E-state index is 12.7. The van der Waals surface area contributed by atoms with Gasteiger partial charge < -0.3 is 10.6 Å². The zero-order chi connectivity index (χ0) is 14.7. The van der Waals surface area contributed by atoms with Crippen molar-refractivity contribution in [3.05, 3.63) is 50.1 Å². The van der Waals surface area contributed by atoms with E-state index in [9.17, 15) is 4.79 Å². The molecule has 0 spiro atoms. The minimum atomic E-state index is 0.0198. The third-order valence-electron chi connectivity index (χ3n) is 3.24. The summed E-state index contributed by atoms with van der Waals surface area (Å²) in [5.41, 5.74) is 8.07. The number of thiophene rings is 1. The molecule has 0 saturated heterocycles. The third kappa shape index (κ3) is 3.22. The number of amides is 1. The number of nitrogens with zero attached hydrogens (tertiary/aromatic N) is 1. The number of nitrogens with two attached hydrogens (primary N) is 1. The summed E-state index contributed by atoms with van der Waals surface area (Å²) in [6.07, 6.45) is 0. The number of nitrogen functional groups attached to an aromatic ring is 1. The number of hydrogen-bond donors (Lipinski definition) is 1. The van der Waals surface area contributed by atoms with E-state index in [0.717, 1.165) is 10.0 Å². The van der Waals surface area contributed by atoms with Gasteiger partial charge in [-0.05, 0) is 43.0 Å². The fourth-order valence-corrected chi connectivity index (χ4v) is 3.21. The predicted octanol–water partition coefficient (Wildman–Crippen LogP) is 4.06. The minimum Gasteiger partial charge on any atom is -0.398 e.